The van der Waals surface area contributed by atoms with Gasteiger partial charge in [-0.25, -0.2) is 4.39 Å². The fourth-order valence-corrected chi connectivity index (χ4v) is 1.98. The van der Waals surface area contributed by atoms with Crippen LogP contribution in [0.5, 0.6) is 0 Å². The van der Waals surface area contributed by atoms with Gasteiger partial charge in [0.1, 0.15) is 11.9 Å². The molecule has 2 nitrogen and oxygen atoms in total. The first-order valence-corrected chi connectivity index (χ1v) is 6.19. The third kappa shape index (κ3) is 2.81. The average molecular weight is 326 g/mol. The summed E-state index contributed by atoms with van der Waals surface area (Å²) in [6.45, 7) is 0. The van der Waals surface area contributed by atoms with E-state index in [1.807, 2.05) is 12.1 Å². The molecule has 18 heavy (non-hydrogen) atoms. The number of anilines is 2. The molecule has 0 fully saturated rings. The van der Waals surface area contributed by atoms with E-state index >= 15 is 0 Å². The van der Waals surface area contributed by atoms with E-state index in [0.717, 1.165) is 4.47 Å². The van der Waals surface area contributed by atoms with Crippen LogP contribution in [0.25, 0.3) is 0 Å². The predicted octanol–water partition coefficient (Wildman–Crippen LogP) is 4.86. The highest BCUT2D eigenvalue weighted by Crippen LogP contribution is 2.30. The van der Waals surface area contributed by atoms with Gasteiger partial charge in [-0.3, -0.25) is 0 Å². The normalized spacial score (nSPS) is 9.89. The summed E-state index contributed by atoms with van der Waals surface area (Å²) in [7, 11) is 0. The molecule has 1 N–H and O–H groups in total. The number of hydrogen-bond donors (Lipinski definition) is 1. The molecule has 5 heteroatoms. The van der Waals surface area contributed by atoms with Crippen molar-refractivity contribution >= 4 is 38.9 Å². The lowest BCUT2D eigenvalue weighted by Crippen LogP contribution is -1.95. The van der Waals surface area contributed by atoms with Gasteiger partial charge in [-0.2, -0.15) is 5.26 Å². The second-order valence-electron chi connectivity index (χ2n) is 3.55. The second-order valence-corrected chi connectivity index (χ2v) is 4.87. The number of rotatable bonds is 2. The largest absolute Gasteiger partial charge is 0.353 e. The van der Waals surface area contributed by atoms with Crippen LogP contribution in [0.4, 0.5) is 15.8 Å². The van der Waals surface area contributed by atoms with E-state index in [-0.39, 0.29) is 5.56 Å². The van der Waals surface area contributed by atoms with E-state index < -0.39 is 5.82 Å². The molecule has 0 spiro atoms. The summed E-state index contributed by atoms with van der Waals surface area (Å²) < 4.78 is 13.9. The molecule has 0 atom stereocenters. The Kier molecular flexibility index (Phi) is 3.85. The van der Waals surface area contributed by atoms with E-state index in [2.05, 4.69) is 21.2 Å². The summed E-state index contributed by atoms with van der Waals surface area (Å²) in [6, 6.07) is 11.2. The molecule has 0 saturated heterocycles. The maximum atomic E-state index is 13.0. The SMILES string of the molecule is N#Cc1cc(F)ccc1Nc1cc(Br)ccc1Cl. The molecule has 0 bridgehead atoms. The minimum absolute atomic E-state index is 0.228. The van der Waals surface area contributed by atoms with Crippen molar-refractivity contribution < 1.29 is 4.39 Å². The number of nitrogens with one attached hydrogen (secondary N) is 1. The Labute approximate surface area is 117 Å². The Morgan fingerprint density at radius 3 is 2.67 bits per heavy atom. The molecule has 0 radical (unpaired) electrons. The highest BCUT2D eigenvalue weighted by atomic mass is 79.9. The van der Waals surface area contributed by atoms with Crippen molar-refractivity contribution in [1.82, 2.24) is 0 Å². The molecule has 2 rings (SSSR count). The predicted molar refractivity (Wildman–Crippen MR) is 73.5 cm³/mol. The summed E-state index contributed by atoms with van der Waals surface area (Å²) in [4.78, 5) is 0. The second kappa shape index (κ2) is 5.38. The Morgan fingerprint density at radius 1 is 1.17 bits per heavy atom. The Balaban J connectivity index is 2.40. The molecular formula is C13H7BrClFN2. The Bertz CT molecular complexity index is 637. The standard InChI is InChI=1S/C13H7BrClFN2/c14-9-1-3-11(15)13(6-9)18-12-4-2-10(16)5-8(12)7-17/h1-6,18H. The van der Waals surface area contributed by atoms with Gasteiger partial charge in [-0.1, -0.05) is 27.5 Å². The molecule has 2 aromatic rings. The summed E-state index contributed by atoms with van der Waals surface area (Å²) in [5.74, 6) is -0.447. The van der Waals surface area contributed by atoms with Crippen molar-refractivity contribution in [3.63, 3.8) is 0 Å². The molecule has 2 aromatic carbocycles. The summed E-state index contributed by atoms with van der Waals surface area (Å²) in [6.07, 6.45) is 0. The molecule has 0 aliphatic rings. The first-order chi connectivity index (χ1) is 8.60. The van der Waals surface area contributed by atoms with Gasteiger partial charge in [0, 0.05) is 4.47 Å². The molecule has 0 aliphatic carbocycles. The van der Waals surface area contributed by atoms with Gasteiger partial charge in [0.2, 0.25) is 0 Å². The molecular weight excluding hydrogens is 319 g/mol. The lowest BCUT2D eigenvalue weighted by atomic mass is 10.2. The zero-order chi connectivity index (χ0) is 13.1. The van der Waals surface area contributed by atoms with Crippen LogP contribution in [-0.2, 0) is 0 Å². The van der Waals surface area contributed by atoms with E-state index in [1.54, 1.807) is 12.1 Å². The fraction of sp³-hybridized carbons (Fsp3) is 0. The highest BCUT2D eigenvalue weighted by Gasteiger charge is 2.06. The van der Waals surface area contributed by atoms with Gasteiger partial charge in [0.15, 0.2) is 0 Å². The monoisotopic (exact) mass is 324 g/mol. The van der Waals surface area contributed by atoms with Crippen LogP contribution in [0.1, 0.15) is 5.56 Å². The number of halogens is 3. The molecule has 0 saturated carbocycles. The van der Waals surface area contributed by atoms with E-state index in [9.17, 15) is 4.39 Å². The van der Waals surface area contributed by atoms with Gasteiger partial charge in [-0.15, -0.1) is 0 Å². The Hall–Kier alpha value is -1.57. The van der Waals surface area contributed by atoms with E-state index in [1.165, 1.54) is 18.2 Å². The minimum atomic E-state index is -0.447. The summed E-state index contributed by atoms with van der Waals surface area (Å²) >= 11 is 9.37. The van der Waals surface area contributed by atoms with Crippen molar-refractivity contribution in [2.75, 3.05) is 5.32 Å². The smallest absolute Gasteiger partial charge is 0.124 e. The molecule has 0 aliphatic heterocycles. The maximum Gasteiger partial charge on any atom is 0.124 e. The highest BCUT2D eigenvalue weighted by molar-refractivity contribution is 9.10. The van der Waals surface area contributed by atoms with Crippen LogP contribution in [0.3, 0.4) is 0 Å². The molecule has 0 aromatic heterocycles. The first-order valence-electron chi connectivity index (χ1n) is 5.02. The lowest BCUT2D eigenvalue weighted by molar-refractivity contribution is 0.627. The van der Waals surface area contributed by atoms with Crippen molar-refractivity contribution in [3.05, 3.63) is 57.3 Å². The first kappa shape index (κ1) is 12.9. The number of nitriles is 1. The average Bonchev–Trinajstić information content (AvgIpc) is 2.36. The minimum Gasteiger partial charge on any atom is -0.353 e. The number of benzene rings is 2. The van der Waals surface area contributed by atoms with Crippen molar-refractivity contribution in [2.45, 2.75) is 0 Å². The third-order valence-corrected chi connectivity index (χ3v) is 3.12. The van der Waals surface area contributed by atoms with Gasteiger partial charge < -0.3 is 5.32 Å². The fourth-order valence-electron chi connectivity index (χ4n) is 1.46. The quantitative estimate of drug-likeness (QED) is 0.856. The zero-order valence-electron chi connectivity index (χ0n) is 9.05. The molecule has 90 valence electrons. The van der Waals surface area contributed by atoms with E-state index in [4.69, 9.17) is 16.9 Å². The Morgan fingerprint density at radius 2 is 1.94 bits per heavy atom. The van der Waals surface area contributed by atoms with E-state index in [0.29, 0.717) is 16.4 Å². The van der Waals surface area contributed by atoms with Crippen molar-refractivity contribution in [2.24, 2.45) is 0 Å². The summed E-state index contributed by atoms with van der Waals surface area (Å²) in [5, 5.41) is 12.5. The number of nitrogens with zero attached hydrogens (tertiary/aromatic N) is 1. The van der Waals surface area contributed by atoms with Crippen molar-refractivity contribution in [3.8, 4) is 6.07 Å². The van der Waals surface area contributed by atoms with Gasteiger partial charge in [-0.05, 0) is 36.4 Å². The van der Waals surface area contributed by atoms with Crippen LogP contribution in [0.2, 0.25) is 5.02 Å². The van der Waals surface area contributed by atoms with Gasteiger partial charge in [0.25, 0.3) is 0 Å². The van der Waals surface area contributed by atoms with Crippen LogP contribution in [0, 0.1) is 17.1 Å². The number of hydrogen-bond acceptors (Lipinski definition) is 2. The molecule has 0 heterocycles. The van der Waals surface area contributed by atoms with Crippen LogP contribution in [-0.4, -0.2) is 0 Å². The van der Waals surface area contributed by atoms with Crippen LogP contribution in [0.15, 0.2) is 40.9 Å². The lowest BCUT2D eigenvalue weighted by Gasteiger charge is -2.10. The maximum absolute atomic E-state index is 13.0. The van der Waals surface area contributed by atoms with Gasteiger partial charge >= 0.3 is 0 Å². The topological polar surface area (TPSA) is 35.8 Å². The van der Waals surface area contributed by atoms with Gasteiger partial charge in [0.05, 0.1) is 22.0 Å². The molecule has 0 unspecified atom stereocenters. The zero-order valence-corrected chi connectivity index (χ0v) is 11.4. The van der Waals surface area contributed by atoms with Crippen LogP contribution >= 0.6 is 27.5 Å². The van der Waals surface area contributed by atoms with Crippen molar-refractivity contribution in [1.29, 1.82) is 5.26 Å². The molecule has 0 amide bonds. The summed E-state index contributed by atoms with van der Waals surface area (Å²) in [5.41, 5.74) is 1.39. The van der Waals surface area contributed by atoms with Crippen LogP contribution < -0.4 is 5.32 Å². The third-order valence-electron chi connectivity index (χ3n) is 2.30.